The molecule has 20 heavy (non-hydrogen) atoms. The third kappa shape index (κ3) is 3.41. The monoisotopic (exact) mass is 291 g/mol. The number of carbonyl (C=O) groups is 1. The molecule has 1 fully saturated rings. The van der Waals surface area contributed by atoms with Crippen LogP contribution in [-0.2, 0) is 0 Å². The van der Waals surface area contributed by atoms with Gasteiger partial charge in [0.2, 0.25) is 0 Å². The number of hydrogen-bond donors (Lipinski definition) is 1. The minimum atomic E-state index is -0.152. The molecule has 0 spiro atoms. The number of likely N-dealkylation sites (tertiary alicyclic amines) is 1. The van der Waals surface area contributed by atoms with Crippen molar-refractivity contribution in [3.05, 3.63) is 21.4 Å². The third-order valence-electron chi connectivity index (χ3n) is 3.60. The number of nitrogens with zero attached hydrogens (tertiary/aromatic N) is 1. The number of rotatable bonds is 1. The molecule has 0 bridgehead atoms. The Hall–Kier alpha value is -1.31. The van der Waals surface area contributed by atoms with Crippen LogP contribution in [0.3, 0.4) is 0 Å². The van der Waals surface area contributed by atoms with Gasteiger partial charge in [0, 0.05) is 13.1 Å². The molecule has 0 radical (unpaired) electrons. The number of hydrogen-bond acceptors (Lipinski definition) is 3. The lowest BCUT2D eigenvalue weighted by molar-refractivity contribution is 0.0588. The molecule has 3 nitrogen and oxygen atoms in total. The number of carbonyl (C=O) groups excluding carboxylic acids is 1. The third-order valence-corrected chi connectivity index (χ3v) is 4.74. The molecule has 2 heterocycles. The quantitative estimate of drug-likeness (QED) is 0.808. The summed E-state index contributed by atoms with van der Waals surface area (Å²) in [5, 5.41) is 8.75. The second-order valence-electron chi connectivity index (χ2n) is 6.08. The number of aliphatic hydroxyl groups is 1. The summed E-state index contributed by atoms with van der Waals surface area (Å²) in [5.74, 6) is 5.66. The molecule has 1 aliphatic heterocycles. The van der Waals surface area contributed by atoms with E-state index in [-0.39, 0.29) is 17.9 Å². The molecular formula is C16H21NO2S. The maximum Gasteiger partial charge on any atom is 0.263 e. The highest BCUT2D eigenvalue weighted by molar-refractivity contribution is 7.14. The number of piperidine rings is 1. The smallest absolute Gasteiger partial charge is 0.263 e. The normalized spacial score (nSPS) is 17.5. The summed E-state index contributed by atoms with van der Waals surface area (Å²) >= 11 is 1.43. The van der Waals surface area contributed by atoms with Crippen molar-refractivity contribution < 1.29 is 9.90 Å². The van der Waals surface area contributed by atoms with Crippen LogP contribution in [0, 0.1) is 24.2 Å². The van der Waals surface area contributed by atoms with E-state index in [9.17, 15) is 4.79 Å². The number of aryl methyl sites for hydroxylation is 1. The van der Waals surface area contributed by atoms with Crippen LogP contribution in [0.25, 0.3) is 0 Å². The maximum atomic E-state index is 12.6. The molecule has 1 aromatic heterocycles. The SMILES string of the molecule is Cc1cc(C(=O)N2CCCC(C)(C)C2)sc1C#CCO. The van der Waals surface area contributed by atoms with Crippen LogP contribution < -0.4 is 0 Å². The van der Waals surface area contributed by atoms with Crippen molar-refractivity contribution in [1.82, 2.24) is 4.90 Å². The van der Waals surface area contributed by atoms with Gasteiger partial charge in [-0.05, 0) is 36.8 Å². The molecule has 4 heteroatoms. The van der Waals surface area contributed by atoms with E-state index in [1.165, 1.54) is 17.8 Å². The second-order valence-corrected chi connectivity index (χ2v) is 7.13. The van der Waals surface area contributed by atoms with E-state index in [4.69, 9.17) is 5.11 Å². The van der Waals surface area contributed by atoms with Crippen LogP contribution in [0.2, 0.25) is 0 Å². The average molecular weight is 291 g/mol. The van der Waals surface area contributed by atoms with Crippen molar-refractivity contribution in [2.45, 2.75) is 33.6 Å². The zero-order chi connectivity index (χ0) is 14.8. The van der Waals surface area contributed by atoms with Gasteiger partial charge in [-0.15, -0.1) is 11.3 Å². The number of aliphatic hydroxyl groups excluding tert-OH is 1. The Morgan fingerprint density at radius 3 is 2.95 bits per heavy atom. The lowest BCUT2D eigenvalue weighted by Crippen LogP contribution is -2.43. The fourth-order valence-corrected chi connectivity index (χ4v) is 3.60. The van der Waals surface area contributed by atoms with Gasteiger partial charge in [0.25, 0.3) is 5.91 Å². The summed E-state index contributed by atoms with van der Waals surface area (Å²) in [6.45, 7) is 7.89. The first kappa shape index (κ1) is 15.1. The molecule has 1 N–H and O–H groups in total. The highest BCUT2D eigenvalue weighted by Gasteiger charge is 2.30. The lowest BCUT2D eigenvalue weighted by Gasteiger charge is -2.37. The predicted octanol–water partition coefficient (Wildman–Crippen LogP) is 2.66. The Morgan fingerprint density at radius 1 is 1.55 bits per heavy atom. The summed E-state index contributed by atoms with van der Waals surface area (Å²) < 4.78 is 0. The van der Waals surface area contributed by atoms with E-state index in [0.29, 0.717) is 0 Å². The summed E-state index contributed by atoms with van der Waals surface area (Å²) in [5.41, 5.74) is 1.22. The Kier molecular flexibility index (Phi) is 4.52. The van der Waals surface area contributed by atoms with Gasteiger partial charge >= 0.3 is 0 Å². The van der Waals surface area contributed by atoms with Crippen LogP contribution in [0.5, 0.6) is 0 Å². The molecule has 1 amide bonds. The van der Waals surface area contributed by atoms with Gasteiger partial charge in [0.15, 0.2) is 0 Å². The Morgan fingerprint density at radius 2 is 2.30 bits per heavy atom. The molecule has 1 aromatic rings. The zero-order valence-electron chi connectivity index (χ0n) is 12.3. The van der Waals surface area contributed by atoms with Gasteiger partial charge in [-0.3, -0.25) is 4.79 Å². The topological polar surface area (TPSA) is 40.5 Å². The molecule has 0 atom stereocenters. The minimum Gasteiger partial charge on any atom is -0.384 e. The van der Waals surface area contributed by atoms with E-state index in [2.05, 4.69) is 25.7 Å². The summed E-state index contributed by atoms with van der Waals surface area (Å²) in [7, 11) is 0. The summed E-state index contributed by atoms with van der Waals surface area (Å²) in [4.78, 5) is 16.1. The van der Waals surface area contributed by atoms with Gasteiger partial charge in [-0.1, -0.05) is 25.7 Å². The van der Waals surface area contributed by atoms with Crippen molar-refractivity contribution in [3.8, 4) is 11.8 Å². The van der Waals surface area contributed by atoms with Crippen molar-refractivity contribution in [2.75, 3.05) is 19.7 Å². The first-order valence-electron chi connectivity index (χ1n) is 6.92. The lowest BCUT2D eigenvalue weighted by atomic mass is 9.84. The molecular weight excluding hydrogens is 270 g/mol. The van der Waals surface area contributed by atoms with Crippen molar-refractivity contribution in [1.29, 1.82) is 0 Å². The van der Waals surface area contributed by atoms with E-state index in [0.717, 1.165) is 34.8 Å². The van der Waals surface area contributed by atoms with Gasteiger partial charge in [-0.2, -0.15) is 0 Å². The van der Waals surface area contributed by atoms with Crippen LogP contribution in [-0.4, -0.2) is 35.6 Å². The first-order valence-corrected chi connectivity index (χ1v) is 7.74. The van der Waals surface area contributed by atoms with E-state index in [1.54, 1.807) is 0 Å². The molecule has 2 rings (SSSR count). The van der Waals surface area contributed by atoms with E-state index >= 15 is 0 Å². The zero-order valence-corrected chi connectivity index (χ0v) is 13.1. The Balaban J connectivity index is 2.17. The van der Waals surface area contributed by atoms with Gasteiger partial charge in [-0.25, -0.2) is 0 Å². The van der Waals surface area contributed by atoms with Crippen molar-refractivity contribution in [3.63, 3.8) is 0 Å². The van der Waals surface area contributed by atoms with E-state index < -0.39 is 0 Å². The number of thiophene rings is 1. The van der Waals surface area contributed by atoms with Gasteiger partial charge < -0.3 is 10.0 Å². The molecule has 0 aliphatic carbocycles. The van der Waals surface area contributed by atoms with Crippen molar-refractivity contribution in [2.24, 2.45) is 5.41 Å². The molecule has 1 aliphatic rings. The predicted molar refractivity (Wildman–Crippen MR) is 81.9 cm³/mol. The van der Waals surface area contributed by atoms with E-state index in [1.807, 2.05) is 17.9 Å². The summed E-state index contributed by atoms with van der Waals surface area (Å²) in [6.07, 6.45) is 2.24. The average Bonchev–Trinajstić information content (AvgIpc) is 2.75. The van der Waals surface area contributed by atoms with Crippen molar-refractivity contribution >= 4 is 17.2 Å². The van der Waals surface area contributed by atoms with Crippen LogP contribution in [0.15, 0.2) is 6.07 Å². The first-order chi connectivity index (χ1) is 9.43. The van der Waals surface area contributed by atoms with Gasteiger partial charge in [0.05, 0.1) is 9.75 Å². The number of amides is 1. The molecule has 108 valence electrons. The standard InChI is InChI=1S/C16H21NO2S/c1-12-10-14(20-13(12)6-4-9-18)15(19)17-8-5-7-16(2,3)11-17/h10,18H,5,7-9,11H2,1-3H3. The molecule has 0 unspecified atom stereocenters. The second kappa shape index (κ2) is 5.99. The van der Waals surface area contributed by atoms with Crippen LogP contribution >= 0.6 is 11.3 Å². The Bertz CT molecular complexity index is 563. The minimum absolute atomic E-state index is 0.114. The van der Waals surface area contributed by atoms with Crippen LogP contribution in [0.1, 0.15) is 46.8 Å². The summed E-state index contributed by atoms with van der Waals surface area (Å²) in [6, 6.07) is 1.91. The largest absolute Gasteiger partial charge is 0.384 e. The maximum absolute atomic E-state index is 12.6. The fraction of sp³-hybridized carbons (Fsp3) is 0.562. The Labute approximate surface area is 124 Å². The highest BCUT2D eigenvalue weighted by Crippen LogP contribution is 2.30. The molecule has 0 saturated carbocycles. The highest BCUT2D eigenvalue weighted by atomic mass is 32.1. The molecule has 0 aromatic carbocycles. The molecule has 1 saturated heterocycles. The van der Waals surface area contributed by atoms with Crippen LogP contribution in [0.4, 0.5) is 0 Å². The fourth-order valence-electron chi connectivity index (χ4n) is 2.58. The van der Waals surface area contributed by atoms with Gasteiger partial charge in [0.1, 0.15) is 6.61 Å².